The second kappa shape index (κ2) is 8.06. The van der Waals surface area contributed by atoms with Crippen molar-refractivity contribution in [2.75, 3.05) is 0 Å². The van der Waals surface area contributed by atoms with Crippen molar-refractivity contribution >= 4 is 41.5 Å². The van der Waals surface area contributed by atoms with Crippen molar-refractivity contribution < 1.29 is 4.79 Å². The van der Waals surface area contributed by atoms with E-state index in [1.165, 1.54) is 19.3 Å². The monoisotopic (exact) mass is 376 g/mol. The Morgan fingerprint density at radius 3 is 2.52 bits per heavy atom. The first-order chi connectivity index (χ1) is 10.5. The van der Waals surface area contributed by atoms with Crippen LogP contribution in [0.15, 0.2) is 18.2 Å². The smallest absolute Gasteiger partial charge is 0.224 e. The zero-order valence-corrected chi connectivity index (χ0v) is 15.3. The summed E-state index contributed by atoms with van der Waals surface area (Å²) in [5.74, 6) is 1.09. The highest BCUT2D eigenvalue weighted by molar-refractivity contribution is 6.33. The molecule has 0 aliphatic heterocycles. The molecular weight excluding hydrogens is 355 g/mol. The van der Waals surface area contributed by atoms with Gasteiger partial charge in [-0.05, 0) is 61.3 Å². The zero-order chi connectivity index (χ0) is 15.7. The van der Waals surface area contributed by atoms with Gasteiger partial charge >= 0.3 is 0 Å². The van der Waals surface area contributed by atoms with E-state index in [0.29, 0.717) is 27.9 Å². The number of halogens is 3. The van der Waals surface area contributed by atoms with Crippen molar-refractivity contribution in [3.63, 3.8) is 0 Å². The maximum absolute atomic E-state index is 12.4. The third-order valence-electron chi connectivity index (χ3n) is 5.06. The van der Waals surface area contributed by atoms with Crippen LogP contribution in [-0.2, 0) is 11.2 Å². The quantitative estimate of drug-likeness (QED) is 0.837. The SMILES string of the molecule is Cl.NC1CC2CCCC(C1)C2NC(=O)Cc1cc(Cl)ccc1Cl. The van der Waals surface area contributed by atoms with E-state index >= 15 is 0 Å². The number of hydrogen-bond acceptors (Lipinski definition) is 2. The fraction of sp³-hybridized carbons (Fsp3) is 0.588. The number of amides is 1. The van der Waals surface area contributed by atoms with E-state index < -0.39 is 0 Å². The number of rotatable bonds is 3. The summed E-state index contributed by atoms with van der Waals surface area (Å²) in [4.78, 5) is 12.4. The van der Waals surface area contributed by atoms with Gasteiger partial charge in [-0.25, -0.2) is 0 Å². The fourth-order valence-electron chi connectivity index (χ4n) is 4.11. The van der Waals surface area contributed by atoms with Gasteiger partial charge in [-0.3, -0.25) is 4.79 Å². The lowest BCUT2D eigenvalue weighted by atomic mass is 9.67. The Balaban J connectivity index is 0.00000192. The van der Waals surface area contributed by atoms with Gasteiger partial charge in [-0.1, -0.05) is 29.6 Å². The van der Waals surface area contributed by atoms with Crippen LogP contribution < -0.4 is 11.1 Å². The molecule has 2 saturated carbocycles. The van der Waals surface area contributed by atoms with Gasteiger partial charge in [0.25, 0.3) is 0 Å². The van der Waals surface area contributed by atoms with Crippen LogP contribution in [0.4, 0.5) is 0 Å². The second-order valence-electron chi connectivity index (χ2n) is 6.69. The van der Waals surface area contributed by atoms with Crippen LogP contribution in [0, 0.1) is 11.8 Å². The summed E-state index contributed by atoms with van der Waals surface area (Å²) in [6.45, 7) is 0. The first-order valence-electron chi connectivity index (χ1n) is 8.02. The minimum absolute atomic E-state index is 0. The number of hydrogen-bond donors (Lipinski definition) is 2. The Labute approximate surface area is 153 Å². The van der Waals surface area contributed by atoms with Gasteiger partial charge in [0.05, 0.1) is 6.42 Å². The van der Waals surface area contributed by atoms with E-state index in [1.807, 2.05) is 0 Å². The van der Waals surface area contributed by atoms with Gasteiger partial charge < -0.3 is 11.1 Å². The molecule has 0 radical (unpaired) electrons. The summed E-state index contributed by atoms with van der Waals surface area (Å²) in [6, 6.07) is 5.81. The third-order valence-corrected chi connectivity index (χ3v) is 5.67. The number of nitrogens with two attached hydrogens (primary N) is 1. The summed E-state index contributed by atoms with van der Waals surface area (Å²) in [5, 5.41) is 4.43. The molecule has 2 aliphatic carbocycles. The van der Waals surface area contributed by atoms with E-state index in [2.05, 4.69) is 5.32 Å². The molecule has 3 rings (SSSR count). The highest BCUT2D eigenvalue weighted by atomic mass is 35.5. The molecule has 0 spiro atoms. The molecule has 2 fully saturated rings. The van der Waals surface area contributed by atoms with E-state index in [4.69, 9.17) is 28.9 Å². The molecule has 2 atom stereocenters. The van der Waals surface area contributed by atoms with Crippen molar-refractivity contribution in [1.29, 1.82) is 0 Å². The highest BCUT2D eigenvalue weighted by Gasteiger charge is 2.39. The van der Waals surface area contributed by atoms with Gasteiger partial charge in [0, 0.05) is 22.1 Å². The van der Waals surface area contributed by atoms with Crippen molar-refractivity contribution in [2.45, 2.75) is 50.6 Å². The third kappa shape index (κ3) is 4.54. The second-order valence-corrected chi connectivity index (χ2v) is 7.53. The van der Waals surface area contributed by atoms with Gasteiger partial charge in [0.1, 0.15) is 0 Å². The number of nitrogens with one attached hydrogen (secondary N) is 1. The Bertz CT molecular complexity index is 553. The first-order valence-corrected chi connectivity index (χ1v) is 8.77. The molecule has 1 aromatic carbocycles. The minimum atomic E-state index is 0. The number of benzene rings is 1. The standard InChI is InChI=1S/C17H22Cl2N2O.ClH/c18-13-4-5-15(19)12(6-13)9-16(22)21-17-10-2-1-3-11(17)8-14(20)7-10;/h4-6,10-11,14,17H,1-3,7-9,20H2,(H,21,22);1H. The maximum atomic E-state index is 12.4. The van der Waals surface area contributed by atoms with Crippen LogP contribution in [0.5, 0.6) is 0 Å². The van der Waals surface area contributed by atoms with Gasteiger partial charge in [0.15, 0.2) is 0 Å². The molecule has 2 aliphatic rings. The van der Waals surface area contributed by atoms with Crippen LogP contribution in [0.2, 0.25) is 10.0 Å². The largest absolute Gasteiger partial charge is 0.353 e. The highest BCUT2D eigenvalue weighted by Crippen LogP contribution is 2.39. The molecule has 128 valence electrons. The predicted molar refractivity (Wildman–Crippen MR) is 97.4 cm³/mol. The first kappa shape index (κ1) is 18.9. The molecule has 2 unspecified atom stereocenters. The minimum Gasteiger partial charge on any atom is -0.353 e. The van der Waals surface area contributed by atoms with Crippen LogP contribution in [0.3, 0.4) is 0 Å². The van der Waals surface area contributed by atoms with Crippen molar-refractivity contribution in [3.8, 4) is 0 Å². The lowest BCUT2D eigenvalue weighted by molar-refractivity contribution is -0.122. The maximum Gasteiger partial charge on any atom is 0.224 e. The summed E-state index contributed by atoms with van der Waals surface area (Å²) < 4.78 is 0. The van der Waals surface area contributed by atoms with Crippen molar-refractivity contribution in [2.24, 2.45) is 17.6 Å². The van der Waals surface area contributed by atoms with E-state index in [0.717, 1.165) is 18.4 Å². The molecular formula is C17H23Cl3N2O. The topological polar surface area (TPSA) is 55.1 Å². The van der Waals surface area contributed by atoms with Crippen LogP contribution in [0.25, 0.3) is 0 Å². The lowest BCUT2D eigenvalue weighted by Crippen LogP contribution is -2.54. The molecule has 0 saturated heterocycles. The molecule has 23 heavy (non-hydrogen) atoms. The average Bonchev–Trinajstić information content (AvgIpc) is 2.44. The van der Waals surface area contributed by atoms with Crippen LogP contribution in [0.1, 0.15) is 37.7 Å². The van der Waals surface area contributed by atoms with Gasteiger partial charge in [-0.15, -0.1) is 12.4 Å². The zero-order valence-electron chi connectivity index (χ0n) is 12.9. The molecule has 0 heterocycles. The molecule has 6 heteroatoms. The lowest BCUT2D eigenvalue weighted by Gasteiger charge is -2.45. The summed E-state index contributed by atoms with van der Waals surface area (Å²) >= 11 is 12.1. The van der Waals surface area contributed by atoms with Gasteiger partial charge in [0.2, 0.25) is 5.91 Å². The normalized spacial score (nSPS) is 29.5. The van der Waals surface area contributed by atoms with Crippen molar-refractivity contribution in [3.05, 3.63) is 33.8 Å². The van der Waals surface area contributed by atoms with E-state index in [1.54, 1.807) is 18.2 Å². The fourth-order valence-corrected chi connectivity index (χ4v) is 4.49. The van der Waals surface area contributed by atoms with Crippen LogP contribution in [-0.4, -0.2) is 18.0 Å². The summed E-state index contributed by atoms with van der Waals surface area (Å²) in [5.41, 5.74) is 6.92. The average molecular weight is 378 g/mol. The van der Waals surface area contributed by atoms with Crippen molar-refractivity contribution in [1.82, 2.24) is 5.32 Å². The molecule has 1 aromatic rings. The number of carbonyl (C=O) groups excluding carboxylic acids is 1. The molecule has 2 bridgehead atoms. The molecule has 1 amide bonds. The van der Waals surface area contributed by atoms with Gasteiger partial charge in [-0.2, -0.15) is 0 Å². The molecule has 0 aromatic heterocycles. The predicted octanol–water partition coefficient (Wildman–Crippen LogP) is 3.98. The molecule has 3 nitrogen and oxygen atoms in total. The van der Waals surface area contributed by atoms with E-state index in [-0.39, 0.29) is 30.8 Å². The number of fused-ring (bicyclic) bond motifs is 2. The Kier molecular flexibility index (Phi) is 6.61. The number of carbonyl (C=O) groups is 1. The Hall–Kier alpha value is -0.480. The van der Waals surface area contributed by atoms with E-state index in [9.17, 15) is 4.79 Å². The Morgan fingerprint density at radius 1 is 1.22 bits per heavy atom. The molecule has 3 N–H and O–H groups in total. The summed E-state index contributed by atoms with van der Waals surface area (Å²) in [6.07, 6.45) is 5.94. The van der Waals surface area contributed by atoms with Crippen LogP contribution >= 0.6 is 35.6 Å². The summed E-state index contributed by atoms with van der Waals surface area (Å²) in [7, 11) is 0. The Morgan fingerprint density at radius 2 is 1.87 bits per heavy atom.